The van der Waals surface area contributed by atoms with Gasteiger partial charge in [-0.15, -0.1) is 0 Å². The van der Waals surface area contributed by atoms with Gasteiger partial charge in [0.25, 0.3) is 10.0 Å². The van der Waals surface area contributed by atoms with Gasteiger partial charge in [-0.3, -0.25) is 13.9 Å². The maximum atomic E-state index is 14.6. The highest BCUT2D eigenvalue weighted by molar-refractivity contribution is 7.92. The molecule has 4 aromatic rings. The predicted octanol–water partition coefficient (Wildman–Crippen LogP) is 7.06. The van der Waals surface area contributed by atoms with E-state index in [2.05, 4.69) is 5.32 Å². The average Bonchev–Trinajstić information content (AvgIpc) is 3.00. The number of methoxy groups -OCH3 is 1. The minimum atomic E-state index is -4.30. The average molecular weight is 697 g/mol. The van der Waals surface area contributed by atoms with E-state index in [1.54, 1.807) is 37.4 Å². The largest absolute Gasteiger partial charge is 0.497 e. The number of rotatable bonds is 12. The molecule has 1 atom stereocenters. The Hall–Kier alpha value is -4.05. The summed E-state index contributed by atoms with van der Waals surface area (Å²) < 4.78 is 34.8. The normalized spacial score (nSPS) is 12.2. The quantitative estimate of drug-likeness (QED) is 0.171. The van der Waals surface area contributed by atoms with Gasteiger partial charge in [0.1, 0.15) is 18.3 Å². The number of carbonyl (C=O) groups excluding carboxylic acids is 2. The molecular weight excluding hydrogens is 657 g/mol. The summed E-state index contributed by atoms with van der Waals surface area (Å²) in [7, 11) is -2.76. The SMILES string of the molecule is COc1cccc(CN(C(=O)CN(c2cc(Cl)cc(Cl)c2)S(=O)(=O)c2ccc(C)cc2)[C@@H](Cc2ccccc2)C(=O)NC(C)(C)C)c1. The van der Waals surface area contributed by atoms with Gasteiger partial charge in [-0.05, 0) is 81.3 Å². The number of sulfonamides is 1. The Morgan fingerprint density at radius 3 is 2.06 bits per heavy atom. The van der Waals surface area contributed by atoms with Gasteiger partial charge in [0.2, 0.25) is 11.8 Å². The van der Waals surface area contributed by atoms with Crippen LogP contribution in [0.2, 0.25) is 10.0 Å². The summed E-state index contributed by atoms with van der Waals surface area (Å²) in [5.41, 5.74) is 1.90. The van der Waals surface area contributed by atoms with E-state index in [1.165, 1.54) is 35.2 Å². The predicted molar refractivity (Wildman–Crippen MR) is 188 cm³/mol. The van der Waals surface area contributed by atoms with Crippen LogP contribution in [-0.4, -0.2) is 50.4 Å². The summed E-state index contributed by atoms with van der Waals surface area (Å²) in [6.45, 7) is 6.79. The Balaban J connectivity index is 1.85. The minimum absolute atomic E-state index is 0.000181. The van der Waals surface area contributed by atoms with Gasteiger partial charge >= 0.3 is 0 Å². The van der Waals surface area contributed by atoms with Gasteiger partial charge in [-0.2, -0.15) is 0 Å². The maximum Gasteiger partial charge on any atom is 0.264 e. The van der Waals surface area contributed by atoms with Crippen LogP contribution in [0, 0.1) is 6.92 Å². The molecule has 0 bridgehead atoms. The van der Waals surface area contributed by atoms with Gasteiger partial charge in [-0.1, -0.05) is 83.4 Å². The van der Waals surface area contributed by atoms with E-state index in [9.17, 15) is 18.0 Å². The van der Waals surface area contributed by atoms with Crippen molar-refractivity contribution in [2.45, 2.75) is 57.1 Å². The van der Waals surface area contributed by atoms with E-state index in [4.69, 9.17) is 27.9 Å². The lowest BCUT2D eigenvalue weighted by atomic mass is 10.0. The second kappa shape index (κ2) is 15.2. The van der Waals surface area contributed by atoms with Crippen molar-refractivity contribution in [3.05, 3.63) is 124 Å². The Bertz CT molecular complexity index is 1790. The fourth-order valence-corrected chi connectivity index (χ4v) is 6.94. The second-order valence-electron chi connectivity index (χ2n) is 12.3. The van der Waals surface area contributed by atoms with E-state index in [1.807, 2.05) is 64.1 Å². The fourth-order valence-electron chi connectivity index (χ4n) is 5.02. The third-order valence-electron chi connectivity index (χ3n) is 7.28. The lowest BCUT2D eigenvalue weighted by Crippen LogP contribution is -2.56. The summed E-state index contributed by atoms with van der Waals surface area (Å²) >= 11 is 12.6. The van der Waals surface area contributed by atoms with Crippen LogP contribution in [0.4, 0.5) is 5.69 Å². The first-order chi connectivity index (χ1) is 22.2. The highest BCUT2D eigenvalue weighted by Gasteiger charge is 2.36. The molecule has 47 heavy (non-hydrogen) atoms. The van der Waals surface area contributed by atoms with Crippen molar-refractivity contribution in [2.75, 3.05) is 18.0 Å². The molecule has 0 saturated carbocycles. The molecule has 4 rings (SSSR count). The molecule has 0 fully saturated rings. The van der Waals surface area contributed by atoms with E-state index < -0.39 is 34.1 Å². The van der Waals surface area contributed by atoms with Crippen LogP contribution in [0.5, 0.6) is 5.75 Å². The molecule has 11 heteroatoms. The molecule has 0 aliphatic heterocycles. The molecule has 0 aromatic heterocycles. The summed E-state index contributed by atoms with van der Waals surface area (Å²) in [6.07, 6.45) is 0.187. The molecule has 0 aliphatic carbocycles. The third-order valence-corrected chi connectivity index (χ3v) is 9.50. The molecule has 0 heterocycles. The van der Waals surface area contributed by atoms with E-state index in [0.29, 0.717) is 11.3 Å². The Labute approximate surface area is 287 Å². The molecule has 1 N–H and O–H groups in total. The van der Waals surface area contributed by atoms with Crippen LogP contribution in [-0.2, 0) is 32.6 Å². The highest BCUT2D eigenvalue weighted by atomic mass is 35.5. The Morgan fingerprint density at radius 2 is 1.47 bits per heavy atom. The van der Waals surface area contributed by atoms with Crippen LogP contribution < -0.4 is 14.4 Å². The number of benzene rings is 4. The summed E-state index contributed by atoms with van der Waals surface area (Å²) in [5.74, 6) is -0.410. The number of hydrogen-bond acceptors (Lipinski definition) is 5. The van der Waals surface area contributed by atoms with Crippen molar-refractivity contribution in [3.8, 4) is 5.75 Å². The van der Waals surface area contributed by atoms with Crippen LogP contribution in [0.15, 0.2) is 102 Å². The van der Waals surface area contributed by atoms with Crippen LogP contribution >= 0.6 is 23.2 Å². The van der Waals surface area contributed by atoms with Crippen molar-refractivity contribution in [2.24, 2.45) is 0 Å². The smallest absolute Gasteiger partial charge is 0.264 e. The second-order valence-corrected chi connectivity index (χ2v) is 15.0. The molecule has 0 radical (unpaired) electrons. The van der Waals surface area contributed by atoms with Crippen LogP contribution in [0.25, 0.3) is 0 Å². The Morgan fingerprint density at radius 1 is 0.851 bits per heavy atom. The minimum Gasteiger partial charge on any atom is -0.497 e. The first-order valence-electron chi connectivity index (χ1n) is 15.0. The third kappa shape index (κ3) is 9.73. The van der Waals surface area contributed by atoms with Gasteiger partial charge in [0.15, 0.2) is 0 Å². The topological polar surface area (TPSA) is 96.0 Å². The highest BCUT2D eigenvalue weighted by Crippen LogP contribution is 2.30. The molecular formula is C36H39Cl2N3O5S. The number of anilines is 1. The number of ether oxygens (including phenoxy) is 1. The van der Waals surface area contributed by atoms with Crippen molar-refractivity contribution >= 4 is 50.7 Å². The molecule has 0 unspecified atom stereocenters. The number of halogens is 2. The molecule has 8 nitrogen and oxygen atoms in total. The molecule has 4 aromatic carbocycles. The van der Waals surface area contributed by atoms with E-state index in [0.717, 1.165) is 15.4 Å². The van der Waals surface area contributed by atoms with Gasteiger partial charge in [0, 0.05) is 28.5 Å². The number of nitrogens with one attached hydrogen (secondary N) is 1. The molecule has 248 valence electrons. The van der Waals surface area contributed by atoms with Crippen molar-refractivity contribution in [1.82, 2.24) is 10.2 Å². The Kier molecular flexibility index (Phi) is 11.6. The summed E-state index contributed by atoms with van der Waals surface area (Å²) in [5, 5.41) is 3.42. The van der Waals surface area contributed by atoms with Crippen molar-refractivity contribution in [1.29, 1.82) is 0 Å². The summed E-state index contributed by atoms with van der Waals surface area (Å²) in [4.78, 5) is 30.1. The molecule has 0 spiro atoms. The van der Waals surface area contributed by atoms with Crippen molar-refractivity contribution in [3.63, 3.8) is 0 Å². The van der Waals surface area contributed by atoms with E-state index in [-0.39, 0.29) is 39.5 Å². The molecule has 0 aliphatic rings. The zero-order valence-corrected chi connectivity index (χ0v) is 29.4. The molecule has 2 amide bonds. The zero-order valence-electron chi connectivity index (χ0n) is 27.0. The fraction of sp³-hybridized carbons (Fsp3) is 0.278. The van der Waals surface area contributed by atoms with Gasteiger partial charge in [0.05, 0.1) is 17.7 Å². The first kappa shape index (κ1) is 35.8. The standard InChI is InChI=1S/C36H39Cl2N3O5S/c1-25-14-16-32(17-15-25)47(44,45)41(30-21-28(37)20-29(38)22-30)24-34(42)40(23-27-12-9-13-31(18-27)46-5)33(35(43)39-36(2,3)4)19-26-10-7-6-8-11-26/h6-18,20-22,33H,19,23-24H2,1-5H3,(H,39,43)/t33-/m0/s1. The summed E-state index contributed by atoms with van der Waals surface area (Å²) in [6, 6.07) is 26.2. The monoisotopic (exact) mass is 695 g/mol. The van der Waals surface area contributed by atoms with Gasteiger partial charge < -0.3 is 15.0 Å². The van der Waals surface area contributed by atoms with E-state index >= 15 is 0 Å². The number of aryl methyl sites for hydroxylation is 1. The lowest BCUT2D eigenvalue weighted by Gasteiger charge is -2.35. The van der Waals surface area contributed by atoms with Crippen LogP contribution in [0.1, 0.15) is 37.5 Å². The first-order valence-corrected chi connectivity index (χ1v) is 17.2. The van der Waals surface area contributed by atoms with Crippen LogP contribution in [0.3, 0.4) is 0 Å². The number of hydrogen-bond donors (Lipinski definition) is 1. The zero-order chi connectivity index (χ0) is 34.4. The lowest BCUT2D eigenvalue weighted by molar-refractivity contribution is -0.140. The maximum absolute atomic E-state index is 14.6. The van der Waals surface area contributed by atoms with Gasteiger partial charge in [-0.25, -0.2) is 8.42 Å². The number of carbonyl (C=O) groups is 2. The molecule has 0 saturated heterocycles. The number of amides is 2. The number of nitrogens with zero attached hydrogens (tertiary/aromatic N) is 2. The van der Waals surface area contributed by atoms with Crippen molar-refractivity contribution < 1.29 is 22.7 Å².